The van der Waals surface area contributed by atoms with Crippen LogP contribution in [0.1, 0.15) is 10.4 Å². The molecule has 2 nitrogen and oxygen atoms in total. The fraction of sp³-hybridized carbons (Fsp3) is 0.222. The molecule has 0 aromatic heterocycles. The number of hydrogen-bond acceptors (Lipinski definition) is 2. The molecular weight excluding hydrogens is 174 g/mol. The normalized spacial score (nSPS) is 9.42. The Morgan fingerprint density at radius 1 is 1.42 bits per heavy atom. The molecule has 0 radical (unpaired) electrons. The molecule has 1 aromatic rings. The van der Waals surface area contributed by atoms with Crippen molar-refractivity contribution >= 4 is 23.6 Å². The van der Waals surface area contributed by atoms with Gasteiger partial charge < -0.3 is 5.32 Å². The maximum atomic E-state index is 10.5. The Labute approximate surface area is 76.5 Å². The maximum absolute atomic E-state index is 10.5. The van der Waals surface area contributed by atoms with Gasteiger partial charge in [0.1, 0.15) is 0 Å². The highest BCUT2D eigenvalue weighted by Gasteiger charge is 1.97. The third kappa shape index (κ3) is 2.24. The van der Waals surface area contributed by atoms with Gasteiger partial charge in [-0.1, -0.05) is 12.1 Å². The quantitative estimate of drug-likeness (QED) is 0.573. The predicted octanol–water partition coefficient (Wildman–Crippen LogP) is 2.15. The largest absolute Gasteiger partial charge is 0.383 e. The minimum atomic E-state index is 0.535. The summed E-state index contributed by atoms with van der Waals surface area (Å²) in [5.41, 5.74) is 1.51. The van der Waals surface area contributed by atoms with E-state index in [-0.39, 0.29) is 0 Å². The highest BCUT2D eigenvalue weighted by molar-refractivity contribution is 6.18. The molecule has 0 atom stereocenters. The number of rotatable bonds is 4. The third-order valence-corrected chi connectivity index (χ3v) is 1.69. The Bertz CT molecular complexity index is 262. The van der Waals surface area contributed by atoms with Gasteiger partial charge >= 0.3 is 0 Å². The van der Waals surface area contributed by atoms with Crippen LogP contribution in [0.2, 0.25) is 0 Å². The van der Waals surface area contributed by atoms with E-state index in [1.807, 2.05) is 18.2 Å². The molecular formula is C9H10ClNO. The number of carbonyl (C=O) groups excluding carboxylic acids is 1. The van der Waals surface area contributed by atoms with Crippen LogP contribution in [0.4, 0.5) is 5.69 Å². The first-order chi connectivity index (χ1) is 5.88. The van der Waals surface area contributed by atoms with Gasteiger partial charge in [0.2, 0.25) is 0 Å². The summed E-state index contributed by atoms with van der Waals surface area (Å²) < 4.78 is 0. The summed E-state index contributed by atoms with van der Waals surface area (Å²) in [5.74, 6) is 0.535. The Morgan fingerprint density at radius 2 is 2.17 bits per heavy atom. The summed E-state index contributed by atoms with van der Waals surface area (Å²) in [6, 6.07) is 7.33. The molecule has 0 aliphatic rings. The van der Waals surface area contributed by atoms with Gasteiger partial charge in [-0.3, -0.25) is 4.79 Å². The van der Waals surface area contributed by atoms with Crippen molar-refractivity contribution in [3.8, 4) is 0 Å². The van der Waals surface area contributed by atoms with Gasteiger partial charge in [0, 0.05) is 23.7 Å². The van der Waals surface area contributed by atoms with Crippen LogP contribution < -0.4 is 5.32 Å². The number of benzene rings is 1. The van der Waals surface area contributed by atoms with Crippen LogP contribution in [0.15, 0.2) is 24.3 Å². The maximum Gasteiger partial charge on any atom is 0.152 e. The van der Waals surface area contributed by atoms with Gasteiger partial charge in [-0.25, -0.2) is 0 Å². The topological polar surface area (TPSA) is 29.1 Å². The molecule has 1 N–H and O–H groups in total. The minimum absolute atomic E-state index is 0.535. The van der Waals surface area contributed by atoms with Crippen LogP contribution >= 0.6 is 11.6 Å². The minimum Gasteiger partial charge on any atom is -0.383 e. The van der Waals surface area contributed by atoms with Gasteiger partial charge in [-0.2, -0.15) is 0 Å². The molecule has 0 saturated heterocycles. The molecule has 0 heterocycles. The summed E-state index contributed by atoms with van der Waals surface area (Å²) in [6.45, 7) is 0.673. The highest BCUT2D eigenvalue weighted by atomic mass is 35.5. The number of aldehydes is 1. The second-order valence-corrected chi connectivity index (χ2v) is 2.70. The molecule has 0 saturated carbocycles. The zero-order valence-corrected chi connectivity index (χ0v) is 7.34. The van der Waals surface area contributed by atoms with Gasteiger partial charge in [0.15, 0.2) is 6.29 Å². The predicted molar refractivity (Wildman–Crippen MR) is 51.0 cm³/mol. The standard InChI is InChI=1S/C9H10ClNO/c10-5-6-11-9-4-2-1-3-8(9)7-12/h1-4,7,11H,5-6H2. The van der Waals surface area contributed by atoms with Gasteiger partial charge in [0.25, 0.3) is 0 Å². The van der Waals surface area contributed by atoms with Crippen LogP contribution in [0.5, 0.6) is 0 Å². The van der Waals surface area contributed by atoms with E-state index in [0.717, 1.165) is 12.0 Å². The number of para-hydroxylation sites is 1. The lowest BCUT2D eigenvalue weighted by molar-refractivity contribution is 0.112. The van der Waals surface area contributed by atoms with Crippen molar-refractivity contribution in [1.29, 1.82) is 0 Å². The monoisotopic (exact) mass is 183 g/mol. The summed E-state index contributed by atoms with van der Waals surface area (Å²) in [5, 5.41) is 3.05. The number of halogens is 1. The molecule has 0 amide bonds. The fourth-order valence-corrected chi connectivity index (χ4v) is 1.04. The molecule has 3 heteroatoms. The summed E-state index contributed by atoms with van der Waals surface area (Å²) in [7, 11) is 0. The molecule has 0 unspecified atom stereocenters. The van der Waals surface area contributed by atoms with E-state index in [1.54, 1.807) is 6.07 Å². The summed E-state index contributed by atoms with van der Waals surface area (Å²) in [6.07, 6.45) is 0.830. The Kier molecular flexibility index (Phi) is 3.61. The smallest absolute Gasteiger partial charge is 0.152 e. The average molecular weight is 184 g/mol. The second kappa shape index (κ2) is 4.78. The molecule has 0 aliphatic heterocycles. The number of anilines is 1. The zero-order valence-electron chi connectivity index (χ0n) is 6.59. The third-order valence-electron chi connectivity index (χ3n) is 1.50. The van der Waals surface area contributed by atoms with E-state index in [1.165, 1.54) is 0 Å². The molecule has 0 fully saturated rings. The molecule has 0 bridgehead atoms. The first kappa shape index (κ1) is 9.07. The number of carbonyl (C=O) groups is 1. The zero-order chi connectivity index (χ0) is 8.81. The molecule has 0 spiro atoms. The van der Waals surface area contributed by atoms with E-state index >= 15 is 0 Å². The van der Waals surface area contributed by atoms with E-state index in [4.69, 9.17) is 11.6 Å². The Balaban J connectivity index is 2.75. The Hall–Kier alpha value is -1.02. The van der Waals surface area contributed by atoms with Crippen molar-refractivity contribution in [3.05, 3.63) is 29.8 Å². The van der Waals surface area contributed by atoms with Crippen molar-refractivity contribution in [2.45, 2.75) is 0 Å². The van der Waals surface area contributed by atoms with Crippen molar-refractivity contribution in [2.75, 3.05) is 17.7 Å². The van der Waals surface area contributed by atoms with E-state index in [0.29, 0.717) is 18.0 Å². The van der Waals surface area contributed by atoms with Gasteiger partial charge in [-0.05, 0) is 12.1 Å². The van der Waals surface area contributed by atoms with Crippen LogP contribution in [0.3, 0.4) is 0 Å². The van der Waals surface area contributed by atoms with Crippen molar-refractivity contribution in [3.63, 3.8) is 0 Å². The summed E-state index contributed by atoms with van der Waals surface area (Å²) in [4.78, 5) is 10.5. The van der Waals surface area contributed by atoms with Gasteiger partial charge in [-0.15, -0.1) is 11.6 Å². The molecule has 1 aromatic carbocycles. The first-order valence-electron chi connectivity index (χ1n) is 3.72. The van der Waals surface area contributed by atoms with Crippen molar-refractivity contribution < 1.29 is 4.79 Å². The number of nitrogens with one attached hydrogen (secondary N) is 1. The van der Waals surface area contributed by atoms with Crippen molar-refractivity contribution in [1.82, 2.24) is 0 Å². The molecule has 64 valence electrons. The lowest BCUT2D eigenvalue weighted by Crippen LogP contribution is -2.04. The molecule has 12 heavy (non-hydrogen) atoms. The number of hydrogen-bond donors (Lipinski definition) is 1. The van der Waals surface area contributed by atoms with Crippen LogP contribution in [0, 0.1) is 0 Å². The first-order valence-corrected chi connectivity index (χ1v) is 4.26. The SMILES string of the molecule is O=Cc1ccccc1NCCCl. The molecule has 1 rings (SSSR count). The summed E-state index contributed by atoms with van der Waals surface area (Å²) >= 11 is 5.50. The van der Waals surface area contributed by atoms with E-state index in [2.05, 4.69) is 5.32 Å². The average Bonchev–Trinajstić information content (AvgIpc) is 2.15. The highest BCUT2D eigenvalue weighted by Crippen LogP contribution is 2.11. The number of alkyl halides is 1. The second-order valence-electron chi connectivity index (χ2n) is 2.32. The van der Waals surface area contributed by atoms with Crippen LogP contribution in [-0.4, -0.2) is 18.7 Å². The lowest BCUT2D eigenvalue weighted by Gasteiger charge is -2.05. The fourth-order valence-electron chi connectivity index (χ4n) is 0.943. The Morgan fingerprint density at radius 3 is 2.83 bits per heavy atom. The van der Waals surface area contributed by atoms with Crippen LogP contribution in [-0.2, 0) is 0 Å². The van der Waals surface area contributed by atoms with Crippen molar-refractivity contribution in [2.24, 2.45) is 0 Å². The molecule has 0 aliphatic carbocycles. The van der Waals surface area contributed by atoms with E-state index < -0.39 is 0 Å². The van der Waals surface area contributed by atoms with Gasteiger partial charge in [0.05, 0.1) is 0 Å². The van der Waals surface area contributed by atoms with Crippen LogP contribution in [0.25, 0.3) is 0 Å². The van der Waals surface area contributed by atoms with E-state index in [9.17, 15) is 4.79 Å². The lowest BCUT2D eigenvalue weighted by atomic mass is 10.2.